The molecular weight excluding hydrogens is 490 g/mol. The van der Waals surface area contributed by atoms with Gasteiger partial charge in [-0.25, -0.2) is 14.8 Å². The summed E-state index contributed by atoms with van der Waals surface area (Å²) in [5.41, 5.74) is 4.72. The molecule has 1 saturated heterocycles. The highest BCUT2D eigenvalue weighted by Gasteiger charge is 2.33. The van der Waals surface area contributed by atoms with Crippen molar-refractivity contribution in [1.82, 2.24) is 15.3 Å². The summed E-state index contributed by atoms with van der Waals surface area (Å²) in [4.78, 5) is 27.2. The summed E-state index contributed by atoms with van der Waals surface area (Å²) in [5.74, 6) is 2.53. The number of carbonyl (C=O) groups excluding carboxylic acids is 1. The zero-order valence-corrected chi connectivity index (χ0v) is 23.5. The third kappa shape index (κ3) is 6.49. The number of carbonyl (C=O) groups is 1. The van der Waals surface area contributed by atoms with Crippen molar-refractivity contribution >= 4 is 17.9 Å². The van der Waals surface area contributed by atoms with E-state index in [0.717, 1.165) is 98.6 Å². The van der Waals surface area contributed by atoms with Crippen LogP contribution < -0.4 is 10.6 Å². The molecule has 0 radical (unpaired) electrons. The third-order valence-corrected chi connectivity index (χ3v) is 9.03. The van der Waals surface area contributed by atoms with Gasteiger partial charge in [-0.2, -0.15) is 0 Å². The van der Waals surface area contributed by atoms with Crippen molar-refractivity contribution in [3.8, 4) is 11.3 Å². The van der Waals surface area contributed by atoms with Crippen molar-refractivity contribution in [3.05, 3.63) is 41.3 Å². The van der Waals surface area contributed by atoms with Gasteiger partial charge < -0.3 is 20.5 Å². The quantitative estimate of drug-likeness (QED) is 0.480. The standard InChI is InChI=1S/C31H43N5O3/c1-19-18-39-15-5-4-6-25(19)30-35-28-16-27(20(2)21-9-13-24(37)14-10-21)33-17-26(28)29(36-30)22-7-11-23(12-8-22)34-31(38)32-3/h7-8,11-12,17,19-21,24-25,27,37H,4-6,9-10,13-16,18H2,1-3H3,(H2,32,34,38). The molecule has 2 amide bonds. The molecule has 1 aromatic heterocycles. The molecule has 0 spiro atoms. The molecule has 1 saturated carbocycles. The van der Waals surface area contributed by atoms with Gasteiger partial charge >= 0.3 is 6.03 Å². The Morgan fingerprint density at radius 3 is 2.59 bits per heavy atom. The molecular formula is C31H43N5O3. The number of ether oxygens (including phenoxy) is 1. The molecule has 3 heterocycles. The number of rotatable bonds is 5. The number of aliphatic hydroxyl groups excluding tert-OH is 1. The summed E-state index contributed by atoms with van der Waals surface area (Å²) in [7, 11) is 1.60. The number of hydrogen-bond donors (Lipinski definition) is 3. The minimum absolute atomic E-state index is 0.144. The first-order valence-electron chi connectivity index (χ1n) is 14.7. The number of benzene rings is 1. The molecule has 210 valence electrons. The number of amides is 2. The lowest BCUT2D eigenvalue weighted by atomic mass is 9.75. The molecule has 2 aliphatic heterocycles. The molecule has 8 nitrogen and oxygen atoms in total. The highest BCUT2D eigenvalue weighted by Crippen LogP contribution is 2.38. The first-order valence-corrected chi connectivity index (χ1v) is 14.7. The van der Waals surface area contributed by atoms with Gasteiger partial charge in [0, 0.05) is 55.6 Å². The van der Waals surface area contributed by atoms with Crippen LogP contribution in [0.2, 0.25) is 0 Å². The van der Waals surface area contributed by atoms with Crippen molar-refractivity contribution in [1.29, 1.82) is 0 Å². The molecule has 5 rings (SSSR count). The number of aliphatic imine (C=N–C) groups is 1. The van der Waals surface area contributed by atoms with Crippen LogP contribution in [-0.2, 0) is 11.2 Å². The van der Waals surface area contributed by atoms with E-state index < -0.39 is 0 Å². The largest absolute Gasteiger partial charge is 0.393 e. The van der Waals surface area contributed by atoms with Crippen LogP contribution >= 0.6 is 0 Å². The minimum atomic E-state index is -0.246. The molecule has 3 aliphatic rings. The number of nitrogens with one attached hydrogen (secondary N) is 2. The first-order chi connectivity index (χ1) is 18.9. The molecule has 0 bridgehead atoms. The smallest absolute Gasteiger partial charge is 0.318 e. The molecule has 1 aromatic carbocycles. The molecule has 2 fully saturated rings. The van der Waals surface area contributed by atoms with Gasteiger partial charge in [0.2, 0.25) is 0 Å². The summed E-state index contributed by atoms with van der Waals surface area (Å²) in [6.45, 7) is 6.14. The normalized spacial score (nSPS) is 28.1. The highest BCUT2D eigenvalue weighted by atomic mass is 16.5. The van der Waals surface area contributed by atoms with Crippen LogP contribution in [0.25, 0.3) is 11.3 Å². The Morgan fingerprint density at radius 2 is 1.85 bits per heavy atom. The van der Waals surface area contributed by atoms with Crippen LogP contribution in [0.4, 0.5) is 10.5 Å². The second-order valence-corrected chi connectivity index (χ2v) is 11.7. The van der Waals surface area contributed by atoms with Crippen molar-refractivity contribution in [2.45, 2.75) is 83.3 Å². The van der Waals surface area contributed by atoms with E-state index in [2.05, 4.69) is 24.5 Å². The molecule has 1 aliphatic carbocycles. The topological polar surface area (TPSA) is 109 Å². The summed E-state index contributed by atoms with van der Waals surface area (Å²) < 4.78 is 5.91. The van der Waals surface area contributed by atoms with E-state index in [0.29, 0.717) is 17.8 Å². The van der Waals surface area contributed by atoms with E-state index in [4.69, 9.17) is 19.7 Å². The predicted molar refractivity (Wildman–Crippen MR) is 154 cm³/mol. The second-order valence-electron chi connectivity index (χ2n) is 11.7. The van der Waals surface area contributed by atoms with E-state index in [9.17, 15) is 9.90 Å². The van der Waals surface area contributed by atoms with Crippen LogP contribution in [-0.4, -0.2) is 59.7 Å². The van der Waals surface area contributed by atoms with Gasteiger partial charge in [0.1, 0.15) is 5.82 Å². The third-order valence-electron chi connectivity index (χ3n) is 9.03. The van der Waals surface area contributed by atoms with Gasteiger partial charge in [-0.05, 0) is 68.4 Å². The molecule has 2 aromatic rings. The lowest BCUT2D eigenvalue weighted by Gasteiger charge is -2.35. The van der Waals surface area contributed by atoms with Crippen LogP contribution in [0.3, 0.4) is 0 Å². The Bertz CT molecular complexity index is 1160. The number of fused-ring (bicyclic) bond motifs is 1. The maximum Gasteiger partial charge on any atom is 0.318 e. The van der Waals surface area contributed by atoms with E-state index in [-0.39, 0.29) is 24.1 Å². The van der Waals surface area contributed by atoms with E-state index in [1.165, 1.54) is 0 Å². The number of urea groups is 1. The van der Waals surface area contributed by atoms with Gasteiger partial charge in [-0.1, -0.05) is 32.4 Å². The Labute approximate surface area is 232 Å². The van der Waals surface area contributed by atoms with Gasteiger partial charge in [0.15, 0.2) is 0 Å². The van der Waals surface area contributed by atoms with Gasteiger partial charge in [0.25, 0.3) is 0 Å². The van der Waals surface area contributed by atoms with E-state index in [1.54, 1.807) is 7.05 Å². The maximum absolute atomic E-state index is 11.8. The van der Waals surface area contributed by atoms with Crippen molar-refractivity contribution < 1.29 is 14.6 Å². The Morgan fingerprint density at radius 1 is 1.08 bits per heavy atom. The SMILES string of the molecule is CNC(=O)Nc1ccc(-c2nc(C3CCCCOCC3C)nc3c2C=NC(C(C)C2CCC(O)CC2)C3)cc1. The average Bonchev–Trinajstić information content (AvgIpc) is 2.94. The number of aliphatic hydroxyl groups is 1. The number of anilines is 1. The van der Waals surface area contributed by atoms with Crippen molar-refractivity contribution in [2.24, 2.45) is 22.7 Å². The summed E-state index contributed by atoms with van der Waals surface area (Å²) in [6, 6.07) is 7.78. The second kappa shape index (κ2) is 12.6. The number of aromatic nitrogens is 2. The fourth-order valence-corrected chi connectivity index (χ4v) is 6.42. The fourth-order valence-electron chi connectivity index (χ4n) is 6.42. The van der Waals surface area contributed by atoms with Gasteiger partial charge in [-0.15, -0.1) is 0 Å². The zero-order valence-electron chi connectivity index (χ0n) is 23.5. The van der Waals surface area contributed by atoms with E-state index >= 15 is 0 Å². The Balaban J connectivity index is 1.48. The van der Waals surface area contributed by atoms with Crippen LogP contribution in [0.1, 0.15) is 81.8 Å². The molecule has 4 atom stereocenters. The minimum Gasteiger partial charge on any atom is -0.393 e. The highest BCUT2D eigenvalue weighted by molar-refractivity contribution is 5.92. The van der Waals surface area contributed by atoms with Crippen molar-refractivity contribution in [3.63, 3.8) is 0 Å². The summed E-state index contributed by atoms with van der Waals surface area (Å²) >= 11 is 0. The van der Waals surface area contributed by atoms with Crippen LogP contribution in [0.15, 0.2) is 29.3 Å². The zero-order chi connectivity index (χ0) is 27.4. The number of nitrogens with zero attached hydrogens (tertiary/aromatic N) is 3. The monoisotopic (exact) mass is 533 g/mol. The van der Waals surface area contributed by atoms with Gasteiger partial charge in [0.05, 0.1) is 23.5 Å². The summed E-state index contributed by atoms with van der Waals surface area (Å²) in [6.07, 6.45) is 9.83. The molecule has 39 heavy (non-hydrogen) atoms. The maximum atomic E-state index is 11.8. The first kappa shape index (κ1) is 27.7. The lowest BCUT2D eigenvalue weighted by molar-refractivity contribution is 0.0765. The van der Waals surface area contributed by atoms with Crippen LogP contribution in [0, 0.1) is 17.8 Å². The predicted octanol–water partition coefficient (Wildman–Crippen LogP) is 5.35. The fraction of sp³-hybridized carbons (Fsp3) is 0.613. The summed E-state index contributed by atoms with van der Waals surface area (Å²) in [5, 5.41) is 15.4. The Hall–Kier alpha value is -2.84. The number of hydrogen-bond acceptors (Lipinski definition) is 6. The van der Waals surface area contributed by atoms with Crippen molar-refractivity contribution in [2.75, 3.05) is 25.6 Å². The Kier molecular flexibility index (Phi) is 8.92. The molecule has 4 unspecified atom stereocenters. The lowest BCUT2D eigenvalue weighted by Crippen LogP contribution is -2.33. The molecule has 3 N–H and O–H groups in total. The van der Waals surface area contributed by atoms with E-state index in [1.807, 2.05) is 30.5 Å². The molecule has 8 heteroatoms. The average molecular weight is 534 g/mol. The van der Waals surface area contributed by atoms with Crippen LogP contribution in [0.5, 0.6) is 0 Å². The van der Waals surface area contributed by atoms with Gasteiger partial charge in [-0.3, -0.25) is 4.99 Å².